The standard InChI is InChI=1S/C16H24N2/c1-2-15-7-9-18(10-8-17-15)12-14-11-13-5-3-4-6-16(13)14/h3-6,14-15,17H,2,7-12H2,1H3. The van der Waals surface area contributed by atoms with Crippen molar-refractivity contribution in [2.75, 3.05) is 26.2 Å². The van der Waals surface area contributed by atoms with Crippen LogP contribution in [0.3, 0.4) is 0 Å². The van der Waals surface area contributed by atoms with Gasteiger partial charge in [-0.1, -0.05) is 31.2 Å². The highest BCUT2D eigenvalue weighted by atomic mass is 15.2. The SMILES string of the molecule is CCC1CCN(CC2Cc3ccccc32)CCN1. The third-order valence-electron chi connectivity index (χ3n) is 4.59. The van der Waals surface area contributed by atoms with Gasteiger partial charge in [0.15, 0.2) is 0 Å². The van der Waals surface area contributed by atoms with Crippen LogP contribution in [0.25, 0.3) is 0 Å². The summed E-state index contributed by atoms with van der Waals surface area (Å²) in [6, 6.07) is 9.68. The van der Waals surface area contributed by atoms with E-state index in [-0.39, 0.29) is 0 Å². The summed E-state index contributed by atoms with van der Waals surface area (Å²) in [5.41, 5.74) is 3.17. The Balaban J connectivity index is 1.55. The van der Waals surface area contributed by atoms with E-state index in [2.05, 4.69) is 41.4 Å². The number of benzene rings is 1. The monoisotopic (exact) mass is 244 g/mol. The van der Waals surface area contributed by atoms with E-state index in [1.54, 1.807) is 11.1 Å². The second-order valence-corrected chi connectivity index (χ2v) is 5.75. The van der Waals surface area contributed by atoms with Crippen molar-refractivity contribution in [1.29, 1.82) is 0 Å². The maximum Gasteiger partial charge on any atom is 0.0107 e. The predicted molar refractivity (Wildman–Crippen MR) is 76.0 cm³/mol. The van der Waals surface area contributed by atoms with E-state index in [0.29, 0.717) is 0 Å². The number of rotatable bonds is 3. The van der Waals surface area contributed by atoms with Crippen molar-refractivity contribution in [2.24, 2.45) is 0 Å². The van der Waals surface area contributed by atoms with Gasteiger partial charge in [-0.25, -0.2) is 0 Å². The Hall–Kier alpha value is -0.860. The topological polar surface area (TPSA) is 15.3 Å². The van der Waals surface area contributed by atoms with Crippen LogP contribution in [0.2, 0.25) is 0 Å². The van der Waals surface area contributed by atoms with Crippen molar-refractivity contribution in [3.05, 3.63) is 35.4 Å². The zero-order valence-corrected chi connectivity index (χ0v) is 11.4. The van der Waals surface area contributed by atoms with E-state index in [4.69, 9.17) is 0 Å². The molecule has 1 saturated heterocycles. The number of fused-ring (bicyclic) bond motifs is 1. The second-order valence-electron chi connectivity index (χ2n) is 5.75. The Kier molecular flexibility index (Phi) is 3.67. The Morgan fingerprint density at radius 3 is 3.00 bits per heavy atom. The van der Waals surface area contributed by atoms with Gasteiger partial charge in [0, 0.05) is 31.6 Å². The lowest BCUT2D eigenvalue weighted by Gasteiger charge is -2.34. The summed E-state index contributed by atoms with van der Waals surface area (Å²) in [6.07, 6.45) is 3.86. The van der Waals surface area contributed by atoms with Gasteiger partial charge >= 0.3 is 0 Å². The minimum Gasteiger partial charge on any atom is -0.313 e. The lowest BCUT2D eigenvalue weighted by atomic mass is 9.77. The van der Waals surface area contributed by atoms with Crippen LogP contribution in [0.15, 0.2) is 24.3 Å². The van der Waals surface area contributed by atoms with Crippen LogP contribution < -0.4 is 5.32 Å². The van der Waals surface area contributed by atoms with Crippen molar-refractivity contribution in [2.45, 2.75) is 38.1 Å². The summed E-state index contributed by atoms with van der Waals surface area (Å²) in [5.74, 6) is 0.791. The summed E-state index contributed by atoms with van der Waals surface area (Å²) < 4.78 is 0. The molecule has 1 aliphatic carbocycles. The number of hydrogen-bond donors (Lipinski definition) is 1. The van der Waals surface area contributed by atoms with E-state index < -0.39 is 0 Å². The first-order valence-electron chi connectivity index (χ1n) is 7.40. The molecule has 18 heavy (non-hydrogen) atoms. The number of nitrogens with one attached hydrogen (secondary N) is 1. The molecule has 1 fully saturated rings. The van der Waals surface area contributed by atoms with Crippen LogP contribution in [0, 0.1) is 0 Å². The summed E-state index contributed by atoms with van der Waals surface area (Å²) in [6.45, 7) is 7.19. The lowest BCUT2D eigenvalue weighted by molar-refractivity contribution is 0.261. The summed E-state index contributed by atoms with van der Waals surface area (Å²) in [4.78, 5) is 2.66. The van der Waals surface area contributed by atoms with E-state index in [0.717, 1.165) is 18.5 Å². The van der Waals surface area contributed by atoms with Gasteiger partial charge in [0.05, 0.1) is 0 Å². The third-order valence-corrected chi connectivity index (χ3v) is 4.59. The Labute approximate surface area is 110 Å². The molecule has 1 heterocycles. The van der Waals surface area contributed by atoms with Crippen molar-refractivity contribution in [3.8, 4) is 0 Å². The van der Waals surface area contributed by atoms with Gasteiger partial charge in [-0.3, -0.25) is 0 Å². The first-order chi connectivity index (χ1) is 8.86. The van der Waals surface area contributed by atoms with Gasteiger partial charge in [-0.05, 0) is 36.9 Å². The molecule has 2 atom stereocenters. The molecule has 1 aromatic carbocycles. The third kappa shape index (κ3) is 2.45. The number of hydrogen-bond acceptors (Lipinski definition) is 2. The van der Waals surface area contributed by atoms with Gasteiger partial charge < -0.3 is 10.2 Å². The van der Waals surface area contributed by atoms with Gasteiger partial charge in [-0.2, -0.15) is 0 Å². The Bertz CT molecular complexity index is 402. The van der Waals surface area contributed by atoms with Gasteiger partial charge in [-0.15, -0.1) is 0 Å². The highest BCUT2D eigenvalue weighted by Gasteiger charge is 2.27. The smallest absolute Gasteiger partial charge is 0.0107 e. The number of nitrogens with zero attached hydrogens (tertiary/aromatic N) is 1. The molecule has 1 aromatic rings. The molecule has 2 aliphatic rings. The normalized spacial score (nSPS) is 28.3. The summed E-state index contributed by atoms with van der Waals surface area (Å²) in [5, 5.41) is 3.65. The molecule has 0 amide bonds. The fourth-order valence-electron chi connectivity index (χ4n) is 3.35. The second kappa shape index (κ2) is 5.41. The molecule has 2 nitrogen and oxygen atoms in total. The highest BCUT2D eigenvalue weighted by Crippen LogP contribution is 2.35. The zero-order valence-electron chi connectivity index (χ0n) is 11.4. The van der Waals surface area contributed by atoms with E-state index >= 15 is 0 Å². The largest absolute Gasteiger partial charge is 0.313 e. The van der Waals surface area contributed by atoms with Crippen molar-refractivity contribution in [3.63, 3.8) is 0 Å². The maximum absolute atomic E-state index is 3.65. The molecule has 0 aromatic heterocycles. The average molecular weight is 244 g/mol. The zero-order chi connectivity index (χ0) is 12.4. The average Bonchev–Trinajstić information content (AvgIpc) is 2.61. The molecule has 2 heteroatoms. The first-order valence-corrected chi connectivity index (χ1v) is 7.40. The van der Waals surface area contributed by atoms with Crippen LogP contribution in [-0.2, 0) is 6.42 Å². The molecule has 1 aliphatic heterocycles. The van der Waals surface area contributed by atoms with E-state index in [1.165, 1.54) is 38.9 Å². The summed E-state index contributed by atoms with van der Waals surface area (Å²) >= 11 is 0. The highest BCUT2D eigenvalue weighted by molar-refractivity contribution is 5.40. The van der Waals surface area contributed by atoms with E-state index in [9.17, 15) is 0 Å². The predicted octanol–water partition coefficient (Wildman–Crippen LogP) is 2.40. The fourth-order valence-corrected chi connectivity index (χ4v) is 3.35. The van der Waals surface area contributed by atoms with Crippen LogP contribution in [0.4, 0.5) is 0 Å². The molecule has 3 rings (SSSR count). The first kappa shape index (κ1) is 12.2. The summed E-state index contributed by atoms with van der Waals surface area (Å²) in [7, 11) is 0. The molecular formula is C16H24N2. The lowest BCUT2D eigenvalue weighted by Crippen LogP contribution is -2.35. The van der Waals surface area contributed by atoms with Gasteiger partial charge in [0.25, 0.3) is 0 Å². The van der Waals surface area contributed by atoms with Crippen LogP contribution in [0.5, 0.6) is 0 Å². The molecular weight excluding hydrogens is 220 g/mol. The van der Waals surface area contributed by atoms with Crippen LogP contribution >= 0.6 is 0 Å². The molecule has 1 N–H and O–H groups in total. The van der Waals surface area contributed by atoms with Gasteiger partial charge in [0.2, 0.25) is 0 Å². The Morgan fingerprint density at radius 2 is 2.17 bits per heavy atom. The van der Waals surface area contributed by atoms with Crippen molar-refractivity contribution >= 4 is 0 Å². The fraction of sp³-hybridized carbons (Fsp3) is 0.625. The molecule has 0 saturated carbocycles. The molecule has 0 bridgehead atoms. The Morgan fingerprint density at radius 1 is 1.28 bits per heavy atom. The minimum atomic E-state index is 0.740. The quantitative estimate of drug-likeness (QED) is 0.878. The van der Waals surface area contributed by atoms with Crippen molar-refractivity contribution in [1.82, 2.24) is 10.2 Å². The van der Waals surface area contributed by atoms with E-state index in [1.807, 2.05) is 0 Å². The molecule has 0 radical (unpaired) electrons. The van der Waals surface area contributed by atoms with Crippen molar-refractivity contribution < 1.29 is 0 Å². The minimum absolute atomic E-state index is 0.740. The molecule has 2 unspecified atom stereocenters. The van der Waals surface area contributed by atoms with Gasteiger partial charge in [0.1, 0.15) is 0 Å². The molecule has 98 valence electrons. The van der Waals surface area contributed by atoms with Crippen LogP contribution in [-0.4, -0.2) is 37.1 Å². The maximum atomic E-state index is 3.65. The van der Waals surface area contributed by atoms with Crippen LogP contribution in [0.1, 0.15) is 36.8 Å². The molecule has 0 spiro atoms.